The second kappa shape index (κ2) is 6.18. The molecule has 114 valence electrons. The lowest BCUT2D eigenvalue weighted by atomic mass is 10.0. The van der Waals surface area contributed by atoms with Gasteiger partial charge in [-0.25, -0.2) is 0 Å². The molecule has 0 bridgehead atoms. The van der Waals surface area contributed by atoms with E-state index in [1.165, 1.54) is 55.4 Å². The van der Waals surface area contributed by atoms with Gasteiger partial charge < -0.3 is 4.90 Å². The summed E-state index contributed by atoms with van der Waals surface area (Å²) in [6, 6.07) is 6.82. The normalized spacial score (nSPS) is 16.4. The highest BCUT2D eigenvalue weighted by molar-refractivity contribution is 5.82. The van der Waals surface area contributed by atoms with E-state index in [2.05, 4.69) is 48.6 Å². The molecule has 0 N–H and O–H groups in total. The van der Waals surface area contributed by atoms with Crippen molar-refractivity contribution in [3.05, 3.63) is 29.5 Å². The lowest BCUT2D eigenvalue weighted by molar-refractivity contribution is 0.323. The lowest BCUT2D eigenvalue weighted by Crippen LogP contribution is -2.21. The van der Waals surface area contributed by atoms with Gasteiger partial charge >= 0.3 is 0 Å². The van der Waals surface area contributed by atoms with Crippen molar-refractivity contribution in [2.75, 3.05) is 19.6 Å². The molecule has 0 unspecified atom stereocenters. The number of hydrogen-bond acceptors (Lipinski definition) is 2. The average Bonchev–Trinajstić information content (AvgIpc) is 3.08. The first-order chi connectivity index (χ1) is 10.1. The van der Waals surface area contributed by atoms with Crippen molar-refractivity contribution >= 4 is 10.9 Å². The second-order valence-corrected chi connectivity index (χ2v) is 6.64. The van der Waals surface area contributed by atoms with E-state index < -0.39 is 0 Å². The molecule has 1 aliphatic heterocycles. The van der Waals surface area contributed by atoms with E-state index in [1.54, 1.807) is 0 Å². The van der Waals surface area contributed by atoms with Crippen molar-refractivity contribution in [3.8, 4) is 0 Å². The highest BCUT2D eigenvalue weighted by atomic mass is 15.3. The van der Waals surface area contributed by atoms with Gasteiger partial charge in [-0.3, -0.25) is 4.68 Å². The monoisotopic (exact) mass is 285 g/mol. The van der Waals surface area contributed by atoms with Crippen LogP contribution in [-0.4, -0.2) is 34.3 Å². The zero-order valence-corrected chi connectivity index (χ0v) is 13.6. The van der Waals surface area contributed by atoms with E-state index in [9.17, 15) is 0 Å². The average molecular weight is 285 g/mol. The maximum Gasteiger partial charge on any atom is 0.0688 e. The summed E-state index contributed by atoms with van der Waals surface area (Å²) < 4.78 is 2.21. The van der Waals surface area contributed by atoms with Crippen molar-refractivity contribution in [1.82, 2.24) is 14.7 Å². The maximum atomic E-state index is 4.75. The minimum Gasteiger partial charge on any atom is -0.303 e. The van der Waals surface area contributed by atoms with Crippen LogP contribution in [0.2, 0.25) is 0 Å². The van der Waals surface area contributed by atoms with Gasteiger partial charge in [0.15, 0.2) is 0 Å². The molecule has 0 spiro atoms. The van der Waals surface area contributed by atoms with Crippen LogP contribution in [0.4, 0.5) is 0 Å². The molecule has 1 aliphatic rings. The van der Waals surface area contributed by atoms with Crippen LogP contribution < -0.4 is 0 Å². The Balaban J connectivity index is 1.75. The number of nitrogens with zero attached hydrogens (tertiary/aromatic N) is 3. The van der Waals surface area contributed by atoms with E-state index in [0.717, 1.165) is 12.2 Å². The topological polar surface area (TPSA) is 21.1 Å². The van der Waals surface area contributed by atoms with Gasteiger partial charge in [-0.1, -0.05) is 26.0 Å². The molecule has 1 aromatic carbocycles. The Labute approximate surface area is 127 Å². The minimum absolute atomic E-state index is 0.572. The molecule has 1 aromatic heterocycles. The zero-order valence-electron chi connectivity index (χ0n) is 13.6. The standard InChI is InChI=1S/C18H27N3/c1-14(2)16-7-8-17-15(3)19-21(18(17)13-16)12-6-11-20-9-4-5-10-20/h7-8,13-14H,4-6,9-12H2,1-3H3. The van der Waals surface area contributed by atoms with Crippen LogP contribution >= 0.6 is 0 Å². The third-order valence-corrected chi connectivity index (χ3v) is 4.67. The number of benzene rings is 1. The third kappa shape index (κ3) is 3.13. The molecule has 1 saturated heterocycles. The molecule has 3 nitrogen and oxygen atoms in total. The Morgan fingerprint density at radius 1 is 1.14 bits per heavy atom. The summed E-state index contributed by atoms with van der Waals surface area (Å²) in [6.45, 7) is 11.4. The summed E-state index contributed by atoms with van der Waals surface area (Å²) in [6.07, 6.45) is 3.95. The molecule has 3 heteroatoms. The lowest BCUT2D eigenvalue weighted by Gasteiger charge is -2.14. The highest BCUT2D eigenvalue weighted by Gasteiger charge is 2.12. The van der Waals surface area contributed by atoms with Crippen molar-refractivity contribution in [2.24, 2.45) is 0 Å². The fourth-order valence-corrected chi connectivity index (χ4v) is 3.34. The maximum absolute atomic E-state index is 4.75. The summed E-state index contributed by atoms with van der Waals surface area (Å²) in [5.41, 5.74) is 3.87. The van der Waals surface area contributed by atoms with Gasteiger partial charge in [0.05, 0.1) is 11.2 Å². The van der Waals surface area contributed by atoms with E-state index in [0.29, 0.717) is 5.92 Å². The summed E-state index contributed by atoms with van der Waals surface area (Å²) >= 11 is 0. The predicted octanol–water partition coefficient (Wildman–Crippen LogP) is 3.95. The van der Waals surface area contributed by atoms with Crippen LogP contribution in [0.25, 0.3) is 10.9 Å². The summed E-state index contributed by atoms with van der Waals surface area (Å²) in [4.78, 5) is 2.58. The van der Waals surface area contributed by atoms with E-state index >= 15 is 0 Å². The molecular formula is C18H27N3. The molecule has 0 radical (unpaired) electrons. The van der Waals surface area contributed by atoms with Crippen LogP contribution in [0.15, 0.2) is 18.2 Å². The van der Waals surface area contributed by atoms with E-state index in [-0.39, 0.29) is 0 Å². The molecule has 0 aliphatic carbocycles. The van der Waals surface area contributed by atoms with Crippen molar-refractivity contribution < 1.29 is 0 Å². The second-order valence-electron chi connectivity index (χ2n) is 6.64. The largest absolute Gasteiger partial charge is 0.303 e. The minimum atomic E-state index is 0.572. The Morgan fingerprint density at radius 2 is 1.90 bits per heavy atom. The van der Waals surface area contributed by atoms with Crippen LogP contribution in [0.5, 0.6) is 0 Å². The van der Waals surface area contributed by atoms with Gasteiger partial charge in [0, 0.05) is 11.9 Å². The molecule has 2 aromatic rings. The number of likely N-dealkylation sites (tertiary alicyclic amines) is 1. The quantitative estimate of drug-likeness (QED) is 0.829. The molecule has 0 amide bonds. The third-order valence-electron chi connectivity index (χ3n) is 4.67. The number of hydrogen-bond donors (Lipinski definition) is 0. The van der Waals surface area contributed by atoms with Crippen molar-refractivity contribution in [3.63, 3.8) is 0 Å². The molecule has 1 fully saturated rings. The van der Waals surface area contributed by atoms with Crippen LogP contribution in [0.1, 0.15) is 50.3 Å². The first-order valence-electron chi connectivity index (χ1n) is 8.34. The van der Waals surface area contributed by atoms with E-state index in [4.69, 9.17) is 5.10 Å². The van der Waals surface area contributed by atoms with Crippen LogP contribution in [0, 0.1) is 6.92 Å². The fourth-order valence-electron chi connectivity index (χ4n) is 3.34. The van der Waals surface area contributed by atoms with Gasteiger partial charge in [0.2, 0.25) is 0 Å². The first-order valence-corrected chi connectivity index (χ1v) is 8.34. The fraction of sp³-hybridized carbons (Fsp3) is 0.611. The Hall–Kier alpha value is -1.35. The smallest absolute Gasteiger partial charge is 0.0688 e. The molecule has 0 saturated carbocycles. The van der Waals surface area contributed by atoms with Gasteiger partial charge in [0.1, 0.15) is 0 Å². The SMILES string of the molecule is Cc1nn(CCCN2CCCC2)c2cc(C(C)C)ccc12. The summed E-state index contributed by atoms with van der Waals surface area (Å²) in [5, 5.41) is 6.06. The molecule has 2 heterocycles. The van der Waals surface area contributed by atoms with Crippen molar-refractivity contribution in [1.29, 1.82) is 0 Å². The molecular weight excluding hydrogens is 258 g/mol. The van der Waals surface area contributed by atoms with Gasteiger partial charge in [-0.2, -0.15) is 5.10 Å². The zero-order chi connectivity index (χ0) is 14.8. The number of aromatic nitrogens is 2. The van der Waals surface area contributed by atoms with Gasteiger partial charge in [-0.15, -0.1) is 0 Å². The molecule has 3 rings (SSSR count). The molecule has 0 atom stereocenters. The highest BCUT2D eigenvalue weighted by Crippen LogP contribution is 2.24. The number of fused-ring (bicyclic) bond motifs is 1. The Kier molecular flexibility index (Phi) is 4.29. The number of rotatable bonds is 5. The number of aryl methyl sites for hydroxylation is 2. The van der Waals surface area contributed by atoms with Crippen molar-refractivity contribution in [2.45, 2.75) is 52.5 Å². The Bertz CT molecular complexity index is 606. The predicted molar refractivity (Wildman–Crippen MR) is 88.9 cm³/mol. The van der Waals surface area contributed by atoms with Crippen LogP contribution in [-0.2, 0) is 6.54 Å². The Morgan fingerprint density at radius 3 is 2.62 bits per heavy atom. The summed E-state index contributed by atoms with van der Waals surface area (Å²) in [5.74, 6) is 0.572. The van der Waals surface area contributed by atoms with Crippen LogP contribution in [0.3, 0.4) is 0 Å². The van der Waals surface area contributed by atoms with Gasteiger partial charge in [0.25, 0.3) is 0 Å². The molecule has 21 heavy (non-hydrogen) atoms. The summed E-state index contributed by atoms with van der Waals surface area (Å²) in [7, 11) is 0. The van der Waals surface area contributed by atoms with Gasteiger partial charge in [-0.05, 0) is 63.4 Å². The first kappa shape index (κ1) is 14.6. The van der Waals surface area contributed by atoms with E-state index in [1.807, 2.05) is 0 Å².